The second-order valence-corrected chi connectivity index (χ2v) is 6.37. The van der Waals surface area contributed by atoms with Gasteiger partial charge in [-0.25, -0.2) is 18.8 Å². The van der Waals surface area contributed by atoms with Crippen LogP contribution in [0.4, 0.5) is 19.8 Å². The second kappa shape index (κ2) is 9.38. The molecule has 0 radical (unpaired) electrons. The Balaban J connectivity index is 1.90. The lowest BCUT2D eigenvalue weighted by Crippen LogP contribution is -2.30. The Morgan fingerprint density at radius 3 is 3.00 bits per heavy atom. The molecular weight excluding hydrogens is 373 g/mol. The van der Waals surface area contributed by atoms with Gasteiger partial charge in [0, 0.05) is 5.75 Å². The number of hydrogen-bond acceptors (Lipinski definition) is 8. The molecule has 2 rings (SSSR count). The quantitative estimate of drug-likeness (QED) is 0.529. The number of aromatic nitrogens is 2. The number of nitrogens with zero attached hydrogens (tertiary/aromatic N) is 2. The number of thioether (sulfide) groups is 1. The minimum absolute atomic E-state index is 0.0879. The molecule has 26 heavy (non-hydrogen) atoms. The van der Waals surface area contributed by atoms with E-state index in [0.29, 0.717) is 5.75 Å². The zero-order valence-electron chi connectivity index (χ0n) is 13.8. The molecular formula is C14H18FN3O7S. The lowest BCUT2D eigenvalue weighted by molar-refractivity contribution is -0.0241. The van der Waals surface area contributed by atoms with Crippen molar-refractivity contribution >= 4 is 29.8 Å². The molecule has 2 N–H and O–H groups in total. The van der Waals surface area contributed by atoms with Gasteiger partial charge >= 0.3 is 17.9 Å². The van der Waals surface area contributed by atoms with Crippen LogP contribution in [0.15, 0.2) is 11.0 Å². The van der Waals surface area contributed by atoms with E-state index < -0.39 is 41.2 Å². The normalized spacial score (nSPS) is 19.2. The van der Waals surface area contributed by atoms with Gasteiger partial charge in [0.15, 0.2) is 11.6 Å². The molecule has 1 fully saturated rings. The van der Waals surface area contributed by atoms with Crippen molar-refractivity contribution in [1.29, 1.82) is 0 Å². The second-order valence-electron chi connectivity index (χ2n) is 5.17. The molecule has 2 heterocycles. The van der Waals surface area contributed by atoms with E-state index in [4.69, 9.17) is 19.3 Å². The highest BCUT2D eigenvalue weighted by molar-refractivity contribution is 8.00. The number of unbranched alkanes of at least 4 members (excludes halogenated alkanes) is 1. The number of carbonyl (C=O) groups is 2. The van der Waals surface area contributed by atoms with Crippen molar-refractivity contribution in [2.75, 3.05) is 24.3 Å². The molecule has 12 heteroatoms. The highest BCUT2D eigenvalue weighted by atomic mass is 32.2. The van der Waals surface area contributed by atoms with Crippen molar-refractivity contribution in [3.05, 3.63) is 22.5 Å². The van der Waals surface area contributed by atoms with Gasteiger partial charge in [-0.3, -0.25) is 9.88 Å². The van der Waals surface area contributed by atoms with Gasteiger partial charge < -0.3 is 19.3 Å². The summed E-state index contributed by atoms with van der Waals surface area (Å²) in [6.45, 7) is 2.14. The van der Waals surface area contributed by atoms with Crippen molar-refractivity contribution in [3.63, 3.8) is 0 Å². The third-order valence-corrected chi connectivity index (χ3v) is 4.33. The Morgan fingerprint density at radius 2 is 2.31 bits per heavy atom. The lowest BCUT2D eigenvalue weighted by Gasteiger charge is -2.15. The number of anilines is 1. The molecule has 0 spiro atoms. The fourth-order valence-corrected chi connectivity index (χ4v) is 2.98. The van der Waals surface area contributed by atoms with Gasteiger partial charge in [0.1, 0.15) is 18.3 Å². The number of hydrogen-bond donors (Lipinski definition) is 2. The first kappa shape index (κ1) is 20.0. The van der Waals surface area contributed by atoms with Crippen LogP contribution in [0.25, 0.3) is 0 Å². The van der Waals surface area contributed by atoms with Crippen molar-refractivity contribution < 1.29 is 33.3 Å². The van der Waals surface area contributed by atoms with Crippen LogP contribution in [0.3, 0.4) is 0 Å². The molecule has 1 aliphatic rings. The Kier molecular flexibility index (Phi) is 7.21. The average Bonchev–Trinajstić information content (AvgIpc) is 3.04. The molecule has 0 unspecified atom stereocenters. The summed E-state index contributed by atoms with van der Waals surface area (Å²) in [5.41, 5.74) is -1.42. The van der Waals surface area contributed by atoms with E-state index in [1.807, 2.05) is 6.92 Å². The van der Waals surface area contributed by atoms with Crippen LogP contribution in [0.1, 0.15) is 26.0 Å². The lowest BCUT2D eigenvalue weighted by atomic mass is 10.4. The highest BCUT2D eigenvalue weighted by Gasteiger charge is 2.30. The molecule has 0 aromatic carbocycles. The minimum atomic E-state index is -1.54. The third kappa shape index (κ3) is 5.59. The van der Waals surface area contributed by atoms with Gasteiger partial charge in [0.25, 0.3) is 0 Å². The van der Waals surface area contributed by atoms with E-state index in [1.54, 1.807) is 5.32 Å². The smallest absolute Gasteiger partial charge is 0.465 e. The van der Waals surface area contributed by atoms with E-state index in [0.717, 1.165) is 23.6 Å². The molecule has 1 amide bonds. The molecule has 1 aromatic heterocycles. The third-order valence-electron chi connectivity index (χ3n) is 3.23. The maximum absolute atomic E-state index is 13.8. The molecule has 144 valence electrons. The number of carbonyl (C=O) groups excluding carboxylic acids is 1. The van der Waals surface area contributed by atoms with Gasteiger partial charge in [-0.15, -0.1) is 11.8 Å². The summed E-state index contributed by atoms with van der Waals surface area (Å²) in [5.74, 6) is -1.40. The molecule has 10 nitrogen and oxygen atoms in total. The molecule has 1 aliphatic heterocycles. The van der Waals surface area contributed by atoms with Gasteiger partial charge in [-0.2, -0.15) is 4.98 Å². The van der Waals surface area contributed by atoms with Crippen molar-refractivity contribution in [2.45, 2.75) is 31.4 Å². The first-order valence-corrected chi connectivity index (χ1v) is 8.80. The number of ether oxygens (including phenoxy) is 3. The Bertz CT molecular complexity index is 714. The fourth-order valence-electron chi connectivity index (χ4n) is 1.99. The van der Waals surface area contributed by atoms with Crippen LogP contribution in [0.2, 0.25) is 0 Å². The van der Waals surface area contributed by atoms with Crippen molar-refractivity contribution in [2.24, 2.45) is 0 Å². The number of nitrogens with one attached hydrogen (secondary N) is 1. The monoisotopic (exact) mass is 391 g/mol. The zero-order valence-corrected chi connectivity index (χ0v) is 14.7. The summed E-state index contributed by atoms with van der Waals surface area (Å²) in [4.78, 5) is 37.2. The van der Waals surface area contributed by atoms with Crippen LogP contribution >= 0.6 is 11.8 Å². The Labute approximate surface area is 151 Å². The van der Waals surface area contributed by atoms with Crippen LogP contribution in [-0.2, 0) is 14.2 Å². The van der Waals surface area contributed by atoms with Gasteiger partial charge in [0.2, 0.25) is 0 Å². The van der Waals surface area contributed by atoms with Gasteiger partial charge in [-0.1, -0.05) is 13.3 Å². The number of carboxylic acid groups (broad SMARTS) is 1. The van der Waals surface area contributed by atoms with E-state index >= 15 is 0 Å². The molecule has 2 atom stereocenters. The van der Waals surface area contributed by atoms with Crippen LogP contribution in [0, 0.1) is 5.82 Å². The largest absolute Gasteiger partial charge is 0.508 e. The summed E-state index contributed by atoms with van der Waals surface area (Å²) in [6.07, 6.45) is -0.729. The summed E-state index contributed by atoms with van der Waals surface area (Å²) in [6, 6.07) is 0. The Morgan fingerprint density at radius 1 is 1.54 bits per heavy atom. The van der Waals surface area contributed by atoms with Gasteiger partial charge in [0.05, 0.1) is 12.8 Å². The molecule has 0 bridgehead atoms. The van der Waals surface area contributed by atoms with Crippen molar-refractivity contribution in [3.8, 4) is 0 Å². The summed E-state index contributed by atoms with van der Waals surface area (Å²) < 4.78 is 30.0. The fraction of sp³-hybridized carbons (Fsp3) is 0.571. The zero-order chi connectivity index (χ0) is 19.1. The van der Waals surface area contributed by atoms with Crippen LogP contribution in [0.5, 0.6) is 0 Å². The number of amides is 1. The topological polar surface area (TPSA) is 129 Å². The molecule has 1 saturated heterocycles. The van der Waals surface area contributed by atoms with Gasteiger partial charge in [-0.05, 0) is 6.42 Å². The SMILES string of the molecule is CCCCOC(=O)OC[C@@H]1O[C@H](n2cc(F)c(NC(=O)O)nc2=O)CS1. The summed E-state index contributed by atoms with van der Waals surface area (Å²) in [5, 5.41) is 10.3. The highest BCUT2D eigenvalue weighted by Crippen LogP contribution is 2.31. The van der Waals surface area contributed by atoms with Crippen LogP contribution in [-0.4, -0.2) is 51.3 Å². The average molecular weight is 391 g/mol. The predicted molar refractivity (Wildman–Crippen MR) is 88.7 cm³/mol. The summed E-state index contributed by atoms with van der Waals surface area (Å²) >= 11 is 1.27. The maximum Gasteiger partial charge on any atom is 0.508 e. The van der Waals surface area contributed by atoms with Crippen molar-refractivity contribution in [1.82, 2.24) is 9.55 Å². The molecule has 0 saturated carbocycles. The first-order chi connectivity index (χ1) is 12.4. The predicted octanol–water partition coefficient (Wildman–Crippen LogP) is 2.01. The number of rotatable bonds is 7. The van der Waals surface area contributed by atoms with E-state index in [9.17, 15) is 18.8 Å². The standard InChI is InChI=1S/C14H18FN3O7S/c1-2-3-4-23-14(22)24-6-10-25-9(7-26-10)18-5-8(15)11(16-12(18)19)17-13(20)21/h5,9-10H,2-4,6-7H2,1H3,(H,20,21)(H,16,17,19)/t9-,10+/m0/s1. The molecule has 0 aliphatic carbocycles. The first-order valence-electron chi connectivity index (χ1n) is 7.76. The van der Waals surface area contributed by atoms with E-state index in [1.165, 1.54) is 11.8 Å². The molecule has 1 aromatic rings. The van der Waals surface area contributed by atoms with E-state index in [2.05, 4.69) is 4.98 Å². The van der Waals surface area contributed by atoms with Crippen LogP contribution < -0.4 is 11.0 Å². The summed E-state index contributed by atoms with van der Waals surface area (Å²) in [7, 11) is 0. The van der Waals surface area contributed by atoms with E-state index in [-0.39, 0.29) is 13.2 Å². The maximum atomic E-state index is 13.8. The minimum Gasteiger partial charge on any atom is -0.465 e. The number of halogens is 1. The Hall–Kier alpha value is -2.34.